The van der Waals surface area contributed by atoms with Gasteiger partial charge in [-0.3, -0.25) is 9.48 Å². The Labute approximate surface area is 168 Å². The molecule has 0 radical (unpaired) electrons. The summed E-state index contributed by atoms with van der Waals surface area (Å²) in [6.07, 6.45) is 2.84. The molecule has 1 amide bonds. The van der Waals surface area contributed by atoms with Crippen LogP contribution in [0.2, 0.25) is 15.1 Å². The van der Waals surface area contributed by atoms with Crippen molar-refractivity contribution in [2.75, 3.05) is 5.32 Å². The van der Waals surface area contributed by atoms with E-state index in [0.717, 1.165) is 10.2 Å². The highest BCUT2D eigenvalue weighted by Crippen LogP contribution is 2.24. The summed E-state index contributed by atoms with van der Waals surface area (Å²) in [5.41, 5.74) is 0.680. The number of carboxylic acids is 1. The van der Waals surface area contributed by atoms with Gasteiger partial charge >= 0.3 is 5.97 Å². The summed E-state index contributed by atoms with van der Waals surface area (Å²) in [7, 11) is 0. The second-order valence-corrected chi connectivity index (χ2v) is 6.74. The van der Waals surface area contributed by atoms with Crippen molar-refractivity contribution in [2.24, 2.45) is 0 Å². The average molecular weight is 429 g/mol. The standard InChI is InChI=1S/C16H12Cl3N5O3/c17-10-2-1-9(11(18)5-10)6-23-7-12(19)15(22-23)21-14(25)8-24-13(16(26)27)3-4-20-24/h1-5,7H,6,8H2,(H,26,27)(H,21,22,25). The van der Waals surface area contributed by atoms with Crippen molar-refractivity contribution in [3.05, 3.63) is 63.0 Å². The second kappa shape index (κ2) is 7.99. The first-order chi connectivity index (χ1) is 12.8. The number of nitrogens with one attached hydrogen (secondary N) is 1. The molecule has 1 aromatic carbocycles. The highest BCUT2D eigenvalue weighted by atomic mass is 35.5. The van der Waals surface area contributed by atoms with Crippen LogP contribution in [0.1, 0.15) is 16.1 Å². The molecule has 0 saturated carbocycles. The van der Waals surface area contributed by atoms with Gasteiger partial charge in [0.25, 0.3) is 0 Å². The second-order valence-electron chi connectivity index (χ2n) is 5.49. The van der Waals surface area contributed by atoms with Crippen LogP contribution in [0.5, 0.6) is 0 Å². The minimum atomic E-state index is -1.18. The van der Waals surface area contributed by atoms with Crippen molar-refractivity contribution in [2.45, 2.75) is 13.1 Å². The number of rotatable bonds is 6. The Kier molecular flexibility index (Phi) is 5.69. The van der Waals surface area contributed by atoms with Crippen LogP contribution in [0.15, 0.2) is 36.7 Å². The summed E-state index contributed by atoms with van der Waals surface area (Å²) in [6.45, 7) is 0.0365. The van der Waals surface area contributed by atoms with E-state index in [1.54, 1.807) is 24.4 Å². The number of amides is 1. The van der Waals surface area contributed by atoms with Crippen LogP contribution in [-0.4, -0.2) is 36.5 Å². The number of carbonyl (C=O) groups is 2. The molecular weight excluding hydrogens is 417 g/mol. The van der Waals surface area contributed by atoms with Gasteiger partial charge < -0.3 is 10.4 Å². The van der Waals surface area contributed by atoms with Crippen molar-refractivity contribution >= 4 is 52.5 Å². The summed E-state index contributed by atoms with van der Waals surface area (Å²) in [4.78, 5) is 23.2. The summed E-state index contributed by atoms with van der Waals surface area (Å²) in [5, 5.41) is 20.8. The van der Waals surface area contributed by atoms with Crippen molar-refractivity contribution in [3.63, 3.8) is 0 Å². The maximum Gasteiger partial charge on any atom is 0.354 e. The first-order valence-electron chi connectivity index (χ1n) is 7.55. The fourth-order valence-electron chi connectivity index (χ4n) is 2.34. The molecule has 3 rings (SSSR count). The number of halogens is 3. The minimum absolute atomic E-state index is 0.0980. The van der Waals surface area contributed by atoms with E-state index in [9.17, 15) is 9.59 Å². The number of hydrogen-bond acceptors (Lipinski definition) is 4. The number of hydrogen-bond donors (Lipinski definition) is 2. The van der Waals surface area contributed by atoms with Crippen LogP contribution in [0.25, 0.3) is 0 Å². The van der Waals surface area contributed by atoms with Crippen molar-refractivity contribution in [3.8, 4) is 0 Å². The molecule has 0 saturated heterocycles. The smallest absolute Gasteiger partial charge is 0.354 e. The van der Waals surface area contributed by atoms with Gasteiger partial charge in [0.2, 0.25) is 5.91 Å². The molecule has 8 nitrogen and oxygen atoms in total. The van der Waals surface area contributed by atoms with E-state index in [2.05, 4.69) is 15.5 Å². The molecule has 0 bridgehead atoms. The summed E-state index contributed by atoms with van der Waals surface area (Å²) in [6, 6.07) is 6.40. The van der Waals surface area contributed by atoms with Crippen molar-refractivity contribution in [1.29, 1.82) is 0 Å². The third kappa shape index (κ3) is 4.60. The molecule has 0 aliphatic heterocycles. The monoisotopic (exact) mass is 427 g/mol. The molecule has 3 aromatic rings. The summed E-state index contributed by atoms with van der Waals surface area (Å²) >= 11 is 18.1. The predicted octanol–water partition coefficient (Wildman–Crippen LogP) is 3.43. The first kappa shape index (κ1) is 19.2. The lowest BCUT2D eigenvalue weighted by molar-refractivity contribution is -0.116. The fraction of sp³-hybridized carbons (Fsp3) is 0.125. The van der Waals surface area contributed by atoms with E-state index in [-0.39, 0.29) is 23.1 Å². The van der Waals surface area contributed by atoms with E-state index in [0.29, 0.717) is 16.6 Å². The van der Waals surface area contributed by atoms with Crippen LogP contribution in [0.3, 0.4) is 0 Å². The van der Waals surface area contributed by atoms with Gasteiger partial charge in [0.1, 0.15) is 17.3 Å². The van der Waals surface area contributed by atoms with E-state index in [1.807, 2.05) is 0 Å². The van der Waals surface area contributed by atoms with E-state index in [1.165, 1.54) is 16.9 Å². The van der Waals surface area contributed by atoms with Crippen LogP contribution in [0, 0.1) is 0 Å². The lowest BCUT2D eigenvalue weighted by atomic mass is 10.2. The van der Waals surface area contributed by atoms with Gasteiger partial charge in [0.05, 0.1) is 6.54 Å². The van der Waals surface area contributed by atoms with Crippen LogP contribution >= 0.6 is 34.8 Å². The Morgan fingerprint density at radius 2 is 1.93 bits per heavy atom. The first-order valence-corrected chi connectivity index (χ1v) is 8.68. The Balaban J connectivity index is 1.70. The maximum atomic E-state index is 12.2. The van der Waals surface area contributed by atoms with Gasteiger partial charge in [-0.2, -0.15) is 10.2 Å². The average Bonchev–Trinajstić information content (AvgIpc) is 3.17. The molecule has 0 spiro atoms. The summed E-state index contributed by atoms with van der Waals surface area (Å²) < 4.78 is 2.58. The van der Waals surface area contributed by atoms with Gasteiger partial charge in [-0.1, -0.05) is 40.9 Å². The molecule has 0 fully saturated rings. The lowest BCUT2D eigenvalue weighted by Crippen LogP contribution is -2.22. The SMILES string of the molecule is O=C(Cn1nccc1C(=O)O)Nc1nn(Cc2ccc(Cl)cc2Cl)cc1Cl. The van der Waals surface area contributed by atoms with Crippen molar-refractivity contribution < 1.29 is 14.7 Å². The lowest BCUT2D eigenvalue weighted by Gasteiger charge is -2.06. The molecule has 2 N–H and O–H groups in total. The number of carboxylic acid groups (broad SMARTS) is 1. The third-order valence-electron chi connectivity index (χ3n) is 3.55. The number of benzene rings is 1. The highest BCUT2D eigenvalue weighted by Gasteiger charge is 2.16. The van der Waals surface area contributed by atoms with Crippen LogP contribution < -0.4 is 5.32 Å². The third-order valence-corrected chi connectivity index (χ3v) is 4.41. The zero-order valence-electron chi connectivity index (χ0n) is 13.6. The topological polar surface area (TPSA) is 102 Å². The normalized spacial score (nSPS) is 10.8. The van der Waals surface area contributed by atoms with Gasteiger partial charge in [0.15, 0.2) is 5.82 Å². The molecule has 2 heterocycles. The predicted molar refractivity (Wildman–Crippen MR) is 101 cm³/mol. The van der Waals surface area contributed by atoms with Crippen molar-refractivity contribution in [1.82, 2.24) is 19.6 Å². The van der Waals surface area contributed by atoms with Gasteiger partial charge in [-0.25, -0.2) is 9.48 Å². The molecule has 0 unspecified atom stereocenters. The molecule has 11 heteroatoms. The minimum Gasteiger partial charge on any atom is -0.477 e. The molecule has 0 atom stereocenters. The molecule has 140 valence electrons. The fourth-order valence-corrected chi connectivity index (χ4v) is 3.00. The van der Waals surface area contributed by atoms with Crippen LogP contribution in [-0.2, 0) is 17.9 Å². The number of nitrogens with zero attached hydrogens (tertiary/aromatic N) is 4. The van der Waals surface area contributed by atoms with E-state index >= 15 is 0 Å². The Morgan fingerprint density at radius 1 is 1.15 bits per heavy atom. The molecule has 0 aliphatic rings. The number of anilines is 1. The number of aromatic carboxylic acids is 1. The van der Waals surface area contributed by atoms with Gasteiger partial charge in [-0.05, 0) is 23.8 Å². The van der Waals surface area contributed by atoms with Crippen LogP contribution in [0.4, 0.5) is 5.82 Å². The van der Waals surface area contributed by atoms with Gasteiger partial charge in [0, 0.05) is 22.4 Å². The zero-order valence-corrected chi connectivity index (χ0v) is 15.8. The summed E-state index contributed by atoms with van der Waals surface area (Å²) in [5.74, 6) is -1.55. The highest BCUT2D eigenvalue weighted by molar-refractivity contribution is 6.35. The Bertz CT molecular complexity index is 1010. The van der Waals surface area contributed by atoms with Gasteiger partial charge in [-0.15, -0.1) is 0 Å². The molecule has 0 aliphatic carbocycles. The molecule has 27 heavy (non-hydrogen) atoms. The number of carbonyl (C=O) groups excluding carboxylic acids is 1. The number of aromatic nitrogens is 4. The Morgan fingerprint density at radius 3 is 2.63 bits per heavy atom. The molecular formula is C16H12Cl3N5O3. The van der Waals surface area contributed by atoms with E-state index < -0.39 is 11.9 Å². The maximum absolute atomic E-state index is 12.2. The quantitative estimate of drug-likeness (QED) is 0.626. The largest absolute Gasteiger partial charge is 0.477 e. The zero-order chi connectivity index (χ0) is 19.6. The van der Waals surface area contributed by atoms with E-state index in [4.69, 9.17) is 39.9 Å². The Hall–Kier alpha value is -2.55. The molecule has 2 aromatic heterocycles.